The summed E-state index contributed by atoms with van der Waals surface area (Å²) in [4.78, 5) is 11.3. The van der Waals surface area contributed by atoms with E-state index in [9.17, 15) is 9.90 Å². The quantitative estimate of drug-likeness (QED) is 0.748. The zero-order valence-electron chi connectivity index (χ0n) is 14.2. The van der Waals surface area contributed by atoms with Gasteiger partial charge in [-0.3, -0.25) is 4.79 Å². The molecule has 0 radical (unpaired) electrons. The monoisotopic (exact) mass is 341 g/mol. The highest BCUT2D eigenvalue weighted by molar-refractivity contribution is 5.88. The van der Waals surface area contributed by atoms with Crippen LogP contribution in [0.1, 0.15) is 11.1 Å². The van der Waals surface area contributed by atoms with Gasteiger partial charge in [0.25, 0.3) is 0 Å². The Kier molecular flexibility index (Phi) is 4.05. The largest absolute Gasteiger partial charge is 0.480 e. The second-order valence-corrected chi connectivity index (χ2v) is 6.42. The Morgan fingerprint density at radius 3 is 2.23 bits per heavy atom. The number of fused-ring (bicyclic) bond motifs is 1. The van der Waals surface area contributed by atoms with E-state index in [1.165, 1.54) is 0 Å². The van der Waals surface area contributed by atoms with Crippen LogP contribution in [0.5, 0.6) is 0 Å². The van der Waals surface area contributed by atoms with Crippen LogP contribution >= 0.6 is 0 Å². The Hall–Kier alpha value is -3.33. The summed E-state index contributed by atoms with van der Waals surface area (Å²) in [6, 6.07) is 18.3. The van der Waals surface area contributed by atoms with Crippen molar-refractivity contribution in [3.63, 3.8) is 0 Å². The molecule has 1 aliphatic rings. The third kappa shape index (κ3) is 2.68. The van der Waals surface area contributed by atoms with E-state index in [0.29, 0.717) is 0 Å². The molecule has 4 rings (SSSR count). The molecule has 26 heavy (non-hydrogen) atoms. The van der Waals surface area contributed by atoms with Crippen LogP contribution in [0, 0.1) is 0 Å². The first-order chi connectivity index (χ1) is 12.7. The van der Waals surface area contributed by atoms with E-state index >= 15 is 0 Å². The first-order valence-corrected chi connectivity index (χ1v) is 8.60. The number of carbonyl (C=O) groups is 1. The minimum absolute atomic E-state index is 0.0585. The Bertz CT molecular complexity index is 1020. The van der Waals surface area contributed by atoms with Gasteiger partial charge >= 0.3 is 5.97 Å². The molecule has 0 saturated carbocycles. The van der Waals surface area contributed by atoms with Gasteiger partial charge in [0.05, 0.1) is 5.41 Å². The lowest BCUT2D eigenvalue weighted by Gasteiger charge is -2.28. The van der Waals surface area contributed by atoms with Gasteiger partial charge in [0, 0.05) is 17.1 Å². The number of aliphatic carboxylic acids is 1. The van der Waals surface area contributed by atoms with Crippen LogP contribution in [0.2, 0.25) is 0 Å². The predicted octanol–water partition coefficient (Wildman–Crippen LogP) is 4.69. The molecule has 1 heterocycles. The summed E-state index contributed by atoms with van der Waals surface area (Å²) in [5.41, 5.74) is 2.71. The highest BCUT2D eigenvalue weighted by Gasteiger charge is 2.32. The number of benzene rings is 2. The number of allylic oxidation sites excluding steroid dienone is 6. The molecule has 1 aromatic heterocycles. The number of carboxylic acid groups (broad SMARTS) is 1. The maximum atomic E-state index is 11.3. The van der Waals surface area contributed by atoms with Crippen LogP contribution in [0.3, 0.4) is 0 Å². The molecule has 0 bridgehead atoms. The summed E-state index contributed by atoms with van der Waals surface area (Å²) < 4.78 is 1.82. The first-order valence-electron chi connectivity index (χ1n) is 8.60. The number of para-hydroxylation sites is 1. The van der Waals surface area contributed by atoms with Crippen molar-refractivity contribution in [3.05, 3.63) is 108 Å². The van der Waals surface area contributed by atoms with Crippen molar-refractivity contribution in [1.82, 2.24) is 4.57 Å². The van der Waals surface area contributed by atoms with E-state index < -0.39 is 11.4 Å². The van der Waals surface area contributed by atoms with Gasteiger partial charge in [-0.1, -0.05) is 85.0 Å². The van der Waals surface area contributed by atoms with Crippen molar-refractivity contribution >= 4 is 16.9 Å². The lowest BCUT2D eigenvalue weighted by Crippen LogP contribution is -2.22. The van der Waals surface area contributed by atoms with Gasteiger partial charge in [-0.25, -0.2) is 0 Å². The van der Waals surface area contributed by atoms with Crippen molar-refractivity contribution in [3.8, 4) is 0 Å². The normalized spacial score (nSPS) is 15.2. The lowest BCUT2D eigenvalue weighted by molar-refractivity contribution is -0.137. The number of rotatable bonds is 4. The number of hydrogen-bond acceptors (Lipinski definition) is 1. The van der Waals surface area contributed by atoms with Gasteiger partial charge in [-0.05, 0) is 17.2 Å². The average Bonchev–Trinajstić information content (AvgIpc) is 2.86. The highest BCUT2D eigenvalue weighted by Crippen LogP contribution is 2.41. The summed E-state index contributed by atoms with van der Waals surface area (Å²) in [6.07, 6.45) is 14.5. The molecule has 2 aromatic carbocycles. The standard InChI is InChI=1S/C23H19NO2/c25-22(26)17-24-16-20(19-12-6-7-13-21(19)24)23(14-8-1-2-9-15-23)18-10-4-3-5-11-18/h1-16H,17H2,(H,25,26). The summed E-state index contributed by atoms with van der Waals surface area (Å²) in [5.74, 6) is -0.848. The van der Waals surface area contributed by atoms with E-state index in [1.54, 1.807) is 0 Å². The van der Waals surface area contributed by atoms with Crippen LogP contribution in [0.4, 0.5) is 0 Å². The third-order valence-corrected chi connectivity index (χ3v) is 4.84. The Balaban J connectivity index is 2.03. The highest BCUT2D eigenvalue weighted by atomic mass is 16.4. The van der Waals surface area contributed by atoms with Crippen molar-refractivity contribution in [2.75, 3.05) is 0 Å². The summed E-state index contributed by atoms with van der Waals surface area (Å²) in [7, 11) is 0. The molecule has 0 amide bonds. The van der Waals surface area contributed by atoms with Gasteiger partial charge in [-0.2, -0.15) is 0 Å². The molecule has 1 aliphatic carbocycles. The topological polar surface area (TPSA) is 42.2 Å². The van der Waals surface area contributed by atoms with Crippen molar-refractivity contribution in [1.29, 1.82) is 0 Å². The van der Waals surface area contributed by atoms with Gasteiger partial charge < -0.3 is 9.67 Å². The Morgan fingerprint density at radius 1 is 0.885 bits per heavy atom. The van der Waals surface area contributed by atoms with Gasteiger partial charge in [-0.15, -0.1) is 0 Å². The summed E-state index contributed by atoms with van der Waals surface area (Å²) >= 11 is 0. The smallest absolute Gasteiger partial charge is 0.323 e. The zero-order valence-corrected chi connectivity index (χ0v) is 14.2. The number of hydrogen-bond donors (Lipinski definition) is 1. The maximum absolute atomic E-state index is 11.3. The maximum Gasteiger partial charge on any atom is 0.323 e. The fourth-order valence-corrected chi connectivity index (χ4v) is 3.69. The molecule has 3 heteroatoms. The molecule has 0 unspecified atom stereocenters. The molecule has 3 aromatic rings. The molecule has 0 atom stereocenters. The minimum Gasteiger partial charge on any atom is -0.480 e. The van der Waals surface area contributed by atoms with Gasteiger partial charge in [0.2, 0.25) is 0 Å². The fourth-order valence-electron chi connectivity index (χ4n) is 3.69. The van der Waals surface area contributed by atoms with E-state index in [4.69, 9.17) is 0 Å². The van der Waals surface area contributed by atoms with Crippen molar-refractivity contribution in [2.24, 2.45) is 0 Å². The number of nitrogens with zero attached hydrogens (tertiary/aromatic N) is 1. The fraction of sp³-hybridized carbons (Fsp3) is 0.0870. The van der Waals surface area contributed by atoms with E-state index in [1.807, 2.05) is 59.3 Å². The molecule has 0 aliphatic heterocycles. The van der Waals surface area contributed by atoms with Crippen LogP contribution in [-0.4, -0.2) is 15.6 Å². The summed E-state index contributed by atoms with van der Waals surface area (Å²) in [6.45, 7) is -0.0585. The molecule has 0 fully saturated rings. The lowest BCUT2D eigenvalue weighted by atomic mass is 9.74. The molecule has 3 nitrogen and oxygen atoms in total. The Morgan fingerprint density at radius 2 is 1.54 bits per heavy atom. The molecule has 128 valence electrons. The SMILES string of the molecule is O=C(O)Cn1cc(C2(c3ccccc3)C=CC=CC=C2)c2ccccc21. The zero-order chi connectivity index (χ0) is 18.0. The van der Waals surface area contributed by atoms with E-state index in [0.717, 1.165) is 22.0 Å². The number of aromatic nitrogens is 1. The molecule has 0 saturated heterocycles. The second kappa shape index (κ2) is 6.52. The van der Waals surface area contributed by atoms with Crippen molar-refractivity contribution < 1.29 is 9.90 Å². The number of carboxylic acids is 1. The van der Waals surface area contributed by atoms with Crippen LogP contribution in [-0.2, 0) is 16.8 Å². The predicted molar refractivity (Wildman–Crippen MR) is 104 cm³/mol. The van der Waals surface area contributed by atoms with E-state index in [-0.39, 0.29) is 6.54 Å². The van der Waals surface area contributed by atoms with Gasteiger partial charge in [0.15, 0.2) is 0 Å². The average molecular weight is 341 g/mol. The van der Waals surface area contributed by atoms with Gasteiger partial charge in [0.1, 0.15) is 6.54 Å². The van der Waals surface area contributed by atoms with E-state index in [2.05, 4.69) is 42.5 Å². The first kappa shape index (κ1) is 16.2. The Labute approximate surface area is 152 Å². The molecular weight excluding hydrogens is 322 g/mol. The third-order valence-electron chi connectivity index (χ3n) is 4.84. The molecule has 1 N–H and O–H groups in total. The summed E-state index contributed by atoms with van der Waals surface area (Å²) in [5, 5.41) is 10.4. The molecule has 0 spiro atoms. The minimum atomic E-state index is -0.848. The van der Waals surface area contributed by atoms with Crippen LogP contribution in [0.25, 0.3) is 10.9 Å². The van der Waals surface area contributed by atoms with Crippen LogP contribution < -0.4 is 0 Å². The van der Waals surface area contributed by atoms with Crippen molar-refractivity contribution in [2.45, 2.75) is 12.0 Å². The second-order valence-electron chi connectivity index (χ2n) is 6.42. The van der Waals surface area contributed by atoms with Crippen LogP contribution in [0.15, 0.2) is 97.3 Å². The molecular formula is C23H19NO2.